The molecule has 5 nitrogen and oxygen atoms in total. The first-order valence-electron chi connectivity index (χ1n) is 9.51. The van der Waals surface area contributed by atoms with Crippen LogP contribution in [0.25, 0.3) is 0 Å². The van der Waals surface area contributed by atoms with E-state index in [1.165, 1.54) is 6.42 Å². The second-order valence-electron chi connectivity index (χ2n) is 7.32. The highest BCUT2D eigenvalue weighted by atomic mass is 35.5. The minimum atomic E-state index is -0.815. The normalized spacial score (nSPS) is 11.1. The van der Waals surface area contributed by atoms with Gasteiger partial charge in [0.05, 0.1) is 25.3 Å². The number of halogens is 1. The lowest BCUT2D eigenvalue weighted by Gasteiger charge is -2.13. The van der Waals surface area contributed by atoms with Crippen LogP contribution in [0.5, 0.6) is 5.75 Å². The lowest BCUT2D eigenvalue weighted by Crippen LogP contribution is -2.08. The van der Waals surface area contributed by atoms with Gasteiger partial charge in [0.1, 0.15) is 5.75 Å². The van der Waals surface area contributed by atoms with Gasteiger partial charge in [-0.1, -0.05) is 31.9 Å². The van der Waals surface area contributed by atoms with Crippen molar-refractivity contribution in [3.05, 3.63) is 46.2 Å². The third kappa shape index (κ3) is 7.25. The van der Waals surface area contributed by atoms with Gasteiger partial charge in [0.15, 0.2) is 0 Å². The average molecular weight is 393 g/mol. The van der Waals surface area contributed by atoms with Gasteiger partial charge in [-0.2, -0.15) is 5.10 Å². The van der Waals surface area contributed by atoms with Gasteiger partial charge in [-0.05, 0) is 49.9 Å². The Morgan fingerprint density at radius 2 is 2.07 bits per heavy atom. The Labute approximate surface area is 166 Å². The van der Waals surface area contributed by atoms with Crippen LogP contribution in [0, 0.1) is 12.8 Å². The summed E-state index contributed by atoms with van der Waals surface area (Å²) in [5.41, 5.74) is 2.74. The molecule has 0 aliphatic carbocycles. The van der Waals surface area contributed by atoms with Gasteiger partial charge >= 0.3 is 5.97 Å². The first-order valence-corrected chi connectivity index (χ1v) is 9.89. The lowest BCUT2D eigenvalue weighted by molar-refractivity contribution is -0.136. The standard InChI is InChI=1S/C21H29ClN2O3/c1-15(2)6-4-5-11-27-20-9-7-18(22)13-17(20)14-24-16(3)12-19(23-24)8-10-21(25)26/h7,9,12-13,15H,4-6,8,10-11,14H2,1-3H3,(H,25,26). The van der Waals surface area contributed by atoms with Gasteiger partial charge < -0.3 is 9.84 Å². The van der Waals surface area contributed by atoms with Gasteiger partial charge in [0, 0.05) is 22.7 Å². The number of hydrogen-bond donors (Lipinski definition) is 1. The van der Waals surface area contributed by atoms with E-state index in [1.54, 1.807) is 0 Å². The van der Waals surface area contributed by atoms with E-state index in [9.17, 15) is 4.79 Å². The molecule has 0 spiro atoms. The summed E-state index contributed by atoms with van der Waals surface area (Å²) in [6.45, 7) is 7.66. The van der Waals surface area contributed by atoms with E-state index < -0.39 is 5.97 Å². The first kappa shape index (κ1) is 21.3. The van der Waals surface area contributed by atoms with Gasteiger partial charge in [-0.15, -0.1) is 0 Å². The maximum absolute atomic E-state index is 10.8. The third-order valence-electron chi connectivity index (χ3n) is 4.40. The van der Waals surface area contributed by atoms with E-state index in [0.717, 1.165) is 35.5 Å². The van der Waals surface area contributed by atoms with Crippen molar-refractivity contribution in [3.63, 3.8) is 0 Å². The van der Waals surface area contributed by atoms with E-state index in [-0.39, 0.29) is 6.42 Å². The Balaban J connectivity index is 2.02. The van der Waals surface area contributed by atoms with Crippen molar-refractivity contribution in [1.82, 2.24) is 9.78 Å². The Morgan fingerprint density at radius 1 is 1.30 bits per heavy atom. The van der Waals surface area contributed by atoms with Crippen molar-refractivity contribution < 1.29 is 14.6 Å². The van der Waals surface area contributed by atoms with Crippen LogP contribution in [0.1, 0.15) is 56.5 Å². The second-order valence-corrected chi connectivity index (χ2v) is 7.76. The highest BCUT2D eigenvalue weighted by Crippen LogP contribution is 2.25. The Morgan fingerprint density at radius 3 is 2.78 bits per heavy atom. The number of carbonyl (C=O) groups is 1. The SMILES string of the molecule is Cc1cc(CCC(=O)O)nn1Cc1cc(Cl)ccc1OCCCCC(C)C. The fraction of sp³-hybridized carbons (Fsp3) is 0.524. The fourth-order valence-corrected chi connectivity index (χ4v) is 3.10. The van der Waals surface area contributed by atoms with Gasteiger partial charge in [0.2, 0.25) is 0 Å². The molecule has 0 aliphatic rings. The number of carboxylic acid groups (broad SMARTS) is 1. The summed E-state index contributed by atoms with van der Waals surface area (Å²) in [7, 11) is 0. The number of unbranched alkanes of at least 4 members (excludes halogenated alkanes) is 1. The zero-order chi connectivity index (χ0) is 19.8. The molecule has 0 saturated carbocycles. The van der Waals surface area contributed by atoms with Crippen molar-refractivity contribution in [2.24, 2.45) is 5.92 Å². The molecule has 2 rings (SSSR count). The van der Waals surface area contributed by atoms with Crippen LogP contribution >= 0.6 is 11.6 Å². The van der Waals surface area contributed by atoms with Gasteiger partial charge in [-0.3, -0.25) is 9.48 Å². The molecule has 6 heteroatoms. The number of rotatable bonds is 11. The number of benzene rings is 1. The molecule has 0 unspecified atom stereocenters. The van der Waals surface area contributed by atoms with E-state index in [2.05, 4.69) is 18.9 Å². The number of carboxylic acids is 1. The highest BCUT2D eigenvalue weighted by molar-refractivity contribution is 6.30. The molecule has 0 atom stereocenters. The van der Waals surface area contributed by atoms with Crippen molar-refractivity contribution in [2.75, 3.05) is 6.61 Å². The minimum Gasteiger partial charge on any atom is -0.493 e. The number of nitrogens with zero attached hydrogens (tertiary/aromatic N) is 2. The van der Waals surface area contributed by atoms with Crippen LogP contribution in [0.2, 0.25) is 5.02 Å². The van der Waals surface area contributed by atoms with Crippen LogP contribution in [0.3, 0.4) is 0 Å². The molecule has 0 fully saturated rings. The first-order chi connectivity index (χ1) is 12.8. The Bertz CT molecular complexity index is 756. The van der Waals surface area contributed by atoms with Crippen LogP contribution in [0.4, 0.5) is 0 Å². The summed E-state index contributed by atoms with van der Waals surface area (Å²) in [6, 6.07) is 7.58. The molecule has 1 heterocycles. The zero-order valence-corrected chi connectivity index (χ0v) is 17.1. The highest BCUT2D eigenvalue weighted by Gasteiger charge is 2.11. The summed E-state index contributed by atoms with van der Waals surface area (Å²) in [5, 5.41) is 14.0. The molecule has 148 valence electrons. The van der Waals surface area contributed by atoms with E-state index in [0.29, 0.717) is 30.5 Å². The number of aliphatic carboxylic acids is 1. The average Bonchev–Trinajstić information content (AvgIpc) is 2.94. The van der Waals surface area contributed by atoms with Gasteiger partial charge in [0.25, 0.3) is 0 Å². The molecule has 0 radical (unpaired) electrons. The largest absolute Gasteiger partial charge is 0.493 e. The quantitative estimate of drug-likeness (QED) is 0.539. The molecule has 2 aromatic rings. The third-order valence-corrected chi connectivity index (χ3v) is 4.64. The van der Waals surface area contributed by atoms with E-state index >= 15 is 0 Å². The Hall–Kier alpha value is -2.01. The summed E-state index contributed by atoms with van der Waals surface area (Å²) in [6.07, 6.45) is 3.91. The molecular weight excluding hydrogens is 364 g/mol. The molecule has 0 saturated heterocycles. The smallest absolute Gasteiger partial charge is 0.303 e. The van der Waals surface area contributed by atoms with E-state index in [4.69, 9.17) is 21.4 Å². The maximum atomic E-state index is 10.8. The topological polar surface area (TPSA) is 64.3 Å². The molecular formula is C21H29ClN2O3. The predicted molar refractivity (Wildman–Crippen MR) is 108 cm³/mol. The zero-order valence-electron chi connectivity index (χ0n) is 16.4. The predicted octanol–water partition coefficient (Wildman–Crippen LogP) is 5.12. The lowest BCUT2D eigenvalue weighted by atomic mass is 10.1. The molecule has 0 aliphatic heterocycles. The molecule has 1 N–H and O–H groups in total. The second kappa shape index (κ2) is 10.4. The maximum Gasteiger partial charge on any atom is 0.303 e. The monoisotopic (exact) mass is 392 g/mol. The summed E-state index contributed by atoms with van der Waals surface area (Å²) < 4.78 is 7.86. The van der Waals surface area contributed by atoms with Crippen molar-refractivity contribution in [1.29, 1.82) is 0 Å². The molecule has 0 amide bonds. The fourth-order valence-electron chi connectivity index (χ4n) is 2.91. The van der Waals surface area contributed by atoms with E-state index in [1.807, 2.05) is 35.9 Å². The van der Waals surface area contributed by atoms with Crippen LogP contribution in [-0.4, -0.2) is 27.5 Å². The molecule has 0 bridgehead atoms. The van der Waals surface area contributed by atoms with Gasteiger partial charge in [-0.25, -0.2) is 0 Å². The Kier molecular flexibility index (Phi) is 8.17. The van der Waals surface area contributed by atoms with Crippen LogP contribution in [0.15, 0.2) is 24.3 Å². The van der Waals surface area contributed by atoms with Crippen LogP contribution in [-0.2, 0) is 17.8 Å². The molecule has 1 aromatic carbocycles. The summed E-state index contributed by atoms with van der Waals surface area (Å²) in [5.74, 6) is 0.727. The number of ether oxygens (including phenoxy) is 1. The number of aryl methyl sites for hydroxylation is 2. The molecule has 1 aromatic heterocycles. The van der Waals surface area contributed by atoms with Crippen molar-refractivity contribution in [2.45, 2.75) is 59.4 Å². The summed E-state index contributed by atoms with van der Waals surface area (Å²) >= 11 is 6.18. The summed E-state index contributed by atoms with van der Waals surface area (Å²) in [4.78, 5) is 10.8. The minimum absolute atomic E-state index is 0.0817. The van der Waals surface area contributed by atoms with Crippen LogP contribution < -0.4 is 4.74 Å². The molecule has 27 heavy (non-hydrogen) atoms. The number of aromatic nitrogens is 2. The number of hydrogen-bond acceptors (Lipinski definition) is 3. The van der Waals surface area contributed by atoms with Crippen molar-refractivity contribution >= 4 is 17.6 Å². The van der Waals surface area contributed by atoms with Crippen molar-refractivity contribution in [3.8, 4) is 5.75 Å².